The molecule has 1 amide bonds. The molecule has 2 aromatic rings. The van der Waals surface area contributed by atoms with Crippen molar-refractivity contribution in [3.8, 4) is 16.9 Å². The van der Waals surface area contributed by atoms with Crippen LogP contribution in [-0.4, -0.2) is 43.9 Å². The zero-order valence-electron chi connectivity index (χ0n) is 13.3. The number of nitrogens with one attached hydrogen (secondary N) is 1. The van der Waals surface area contributed by atoms with Gasteiger partial charge in [-0.2, -0.15) is 0 Å². The molecule has 0 aliphatic rings. The molecule has 6 nitrogen and oxygen atoms in total. The summed E-state index contributed by atoms with van der Waals surface area (Å²) < 4.78 is 9.76. The highest BCUT2D eigenvalue weighted by molar-refractivity contribution is 5.91. The third-order valence-corrected chi connectivity index (χ3v) is 3.28. The van der Waals surface area contributed by atoms with Crippen LogP contribution in [0.25, 0.3) is 11.1 Å². The first-order valence-corrected chi connectivity index (χ1v) is 7.42. The fourth-order valence-corrected chi connectivity index (χ4v) is 2.01. The molecule has 0 radical (unpaired) electrons. The van der Waals surface area contributed by atoms with Gasteiger partial charge in [-0.3, -0.25) is 4.79 Å². The summed E-state index contributed by atoms with van der Waals surface area (Å²) in [6, 6.07) is 13.6. The lowest BCUT2D eigenvalue weighted by Crippen LogP contribution is -2.31. The van der Waals surface area contributed by atoms with E-state index < -0.39 is 5.97 Å². The summed E-state index contributed by atoms with van der Waals surface area (Å²) >= 11 is 0. The molecule has 0 saturated heterocycles. The van der Waals surface area contributed by atoms with Gasteiger partial charge in [-0.15, -0.1) is 0 Å². The highest BCUT2D eigenvalue weighted by atomic mass is 16.5. The van der Waals surface area contributed by atoms with Crippen LogP contribution in [0.4, 0.5) is 0 Å². The van der Waals surface area contributed by atoms with Crippen LogP contribution in [0.3, 0.4) is 0 Å². The molecular weight excluding hydrogens is 310 g/mol. The minimum absolute atomic E-state index is 0.197. The van der Waals surface area contributed by atoms with E-state index in [1.54, 1.807) is 48.5 Å². The number of benzene rings is 2. The summed E-state index contributed by atoms with van der Waals surface area (Å²) in [4.78, 5) is 23.4. The van der Waals surface area contributed by atoms with Gasteiger partial charge in [-0.1, -0.05) is 24.3 Å². The average Bonchev–Trinajstić information content (AvgIpc) is 2.61. The zero-order chi connectivity index (χ0) is 17.4. The van der Waals surface area contributed by atoms with Crippen molar-refractivity contribution in [2.45, 2.75) is 0 Å². The highest BCUT2D eigenvalue weighted by Gasteiger charge is 2.10. The number of amides is 1. The van der Waals surface area contributed by atoms with Gasteiger partial charge in [-0.05, 0) is 35.4 Å². The van der Waals surface area contributed by atoms with Crippen molar-refractivity contribution in [3.63, 3.8) is 0 Å². The number of rotatable bonds is 7. The van der Waals surface area contributed by atoms with Crippen LogP contribution in [-0.2, 0) is 14.3 Å². The van der Waals surface area contributed by atoms with E-state index in [4.69, 9.17) is 9.47 Å². The largest absolute Gasteiger partial charge is 0.508 e. The van der Waals surface area contributed by atoms with Crippen molar-refractivity contribution in [1.29, 1.82) is 0 Å². The molecule has 0 aliphatic carbocycles. The third-order valence-electron chi connectivity index (χ3n) is 3.28. The van der Waals surface area contributed by atoms with Crippen LogP contribution < -0.4 is 5.32 Å². The van der Waals surface area contributed by atoms with E-state index in [9.17, 15) is 14.7 Å². The summed E-state index contributed by atoms with van der Waals surface area (Å²) in [7, 11) is 1.54. The Kier molecular flexibility index (Phi) is 6.33. The summed E-state index contributed by atoms with van der Waals surface area (Å²) in [5, 5.41) is 11.9. The van der Waals surface area contributed by atoms with Gasteiger partial charge in [0.1, 0.15) is 5.75 Å². The van der Waals surface area contributed by atoms with Gasteiger partial charge in [0.15, 0.2) is 6.61 Å². The van der Waals surface area contributed by atoms with Crippen molar-refractivity contribution < 1.29 is 24.2 Å². The Morgan fingerprint density at radius 1 is 1.00 bits per heavy atom. The molecule has 2 aromatic carbocycles. The molecule has 6 heteroatoms. The quantitative estimate of drug-likeness (QED) is 0.599. The van der Waals surface area contributed by atoms with E-state index in [0.717, 1.165) is 11.1 Å². The normalized spacial score (nSPS) is 10.2. The molecule has 2 rings (SSSR count). The summed E-state index contributed by atoms with van der Waals surface area (Å²) in [6.45, 7) is 0.439. The fraction of sp³-hybridized carbons (Fsp3) is 0.222. The zero-order valence-corrected chi connectivity index (χ0v) is 13.3. The van der Waals surface area contributed by atoms with Crippen LogP contribution in [0.2, 0.25) is 0 Å². The van der Waals surface area contributed by atoms with Crippen LogP contribution in [0.1, 0.15) is 10.4 Å². The van der Waals surface area contributed by atoms with Crippen molar-refractivity contribution in [3.05, 3.63) is 54.1 Å². The van der Waals surface area contributed by atoms with Crippen LogP contribution in [0, 0.1) is 0 Å². The van der Waals surface area contributed by atoms with Gasteiger partial charge in [-0.25, -0.2) is 4.79 Å². The minimum atomic E-state index is -0.561. The van der Waals surface area contributed by atoms with Gasteiger partial charge in [0.25, 0.3) is 5.91 Å². The first kappa shape index (κ1) is 17.5. The van der Waals surface area contributed by atoms with E-state index in [2.05, 4.69) is 5.32 Å². The number of hydrogen-bond donors (Lipinski definition) is 2. The van der Waals surface area contributed by atoms with Gasteiger partial charge in [0.2, 0.25) is 0 Å². The second-order valence-corrected chi connectivity index (χ2v) is 5.04. The molecule has 24 heavy (non-hydrogen) atoms. The van der Waals surface area contributed by atoms with E-state index in [-0.39, 0.29) is 18.3 Å². The van der Waals surface area contributed by atoms with Crippen molar-refractivity contribution in [2.75, 3.05) is 26.9 Å². The average molecular weight is 329 g/mol. The molecule has 0 spiro atoms. The maximum absolute atomic E-state index is 11.9. The fourth-order valence-electron chi connectivity index (χ4n) is 2.01. The minimum Gasteiger partial charge on any atom is -0.508 e. The van der Waals surface area contributed by atoms with E-state index in [1.807, 2.05) is 0 Å². The number of ether oxygens (including phenoxy) is 2. The molecular formula is C18H19NO5. The second kappa shape index (κ2) is 8.69. The topological polar surface area (TPSA) is 84.9 Å². The molecule has 0 heterocycles. The van der Waals surface area contributed by atoms with Gasteiger partial charge in [0, 0.05) is 13.7 Å². The summed E-state index contributed by atoms with van der Waals surface area (Å²) in [5.41, 5.74) is 2.19. The van der Waals surface area contributed by atoms with Crippen LogP contribution in [0.5, 0.6) is 5.75 Å². The Balaban J connectivity index is 1.89. The van der Waals surface area contributed by atoms with Crippen molar-refractivity contribution >= 4 is 11.9 Å². The molecule has 0 atom stereocenters. The number of phenolic OH excluding ortho intramolecular Hbond substituents is 1. The number of hydrogen-bond acceptors (Lipinski definition) is 5. The SMILES string of the molecule is COCCNC(=O)COC(=O)c1ccc(-c2ccc(O)cc2)cc1. The monoisotopic (exact) mass is 329 g/mol. The lowest BCUT2D eigenvalue weighted by atomic mass is 10.0. The number of esters is 1. The maximum atomic E-state index is 11.9. The Morgan fingerprint density at radius 3 is 2.17 bits per heavy atom. The highest BCUT2D eigenvalue weighted by Crippen LogP contribution is 2.22. The Bertz CT molecular complexity index is 680. The second-order valence-electron chi connectivity index (χ2n) is 5.04. The third kappa shape index (κ3) is 5.10. The smallest absolute Gasteiger partial charge is 0.338 e. The number of aromatic hydroxyl groups is 1. The van der Waals surface area contributed by atoms with E-state index in [1.165, 1.54) is 7.11 Å². The van der Waals surface area contributed by atoms with Gasteiger partial charge in [0.05, 0.1) is 12.2 Å². The molecule has 2 N–H and O–H groups in total. The number of methoxy groups -OCH3 is 1. The predicted octanol–water partition coefficient (Wildman–Crippen LogP) is 1.98. The van der Waals surface area contributed by atoms with Crippen LogP contribution in [0.15, 0.2) is 48.5 Å². The van der Waals surface area contributed by atoms with Crippen molar-refractivity contribution in [2.24, 2.45) is 0 Å². The van der Waals surface area contributed by atoms with Crippen LogP contribution >= 0.6 is 0 Å². The Labute approximate surface area is 140 Å². The summed E-state index contributed by atoms with van der Waals surface area (Å²) in [6.07, 6.45) is 0. The molecule has 0 aromatic heterocycles. The molecule has 0 fully saturated rings. The molecule has 0 bridgehead atoms. The van der Waals surface area contributed by atoms with Gasteiger partial charge < -0.3 is 19.9 Å². The summed E-state index contributed by atoms with van der Waals surface area (Å²) in [5.74, 6) is -0.738. The van der Waals surface area contributed by atoms with E-state index in [0.29, 0.717) is 18.7 Å². The Hall–Kier alpha value is -2.86. The molecule has 126 valence electrons. The number of phenols is 1. The Morgan fingerprint density at radius 2 is 1.58 bits per heavy atom. The van der Waals surface area contributed by atoms with Gasteiger partial charge >= 0.3 is 5.97 Å². The van der Waals surface area contributed by atoms with Crippen molar-refractivity contribution in [1.82, 2.24) is 5.32 Å². The predicted molar refractivity (Wildman–Crippen MR) is 88.7 cm³/mol. The molecule has 0 saturated carbocycles. The first-order valence-electron chi connectivity index (χ1n) is 7.42. The van der Waals surface area contributed by atoms with E-state index >= 15 is 0 Å². The molecule has 0 unspecified atom stereocenters. The molecule has 0 aliphatic heterocycles. The lowest BCUT2D eigenvalue weighted by molar-refractivity contribution is -0.124. The standard InChI is InChI=1S/C18H19NO5/c1-23-11-10-19-17(21)12-24-18(22)15-4-2-13(3-5-15)14-6-8-16(20)9-7-14/h2-9,20H,10-12H2,1H3,(H,19,21). The number of carbonyl (C=O) groups excluding carboxylic acids is 2. The lowest BCUT2D eigenvalue weighted by Gasteiger charge is -2.07. The maximum Gasteiger partial charge on any atom is 0.338 e. The first-order chi connectivity index (χ1) is 11.6. The number of carbonyl (C=O) groups is 2.